The molecule has 1 unspecified atom stereocenters. The number of hydrogen-bond donors (Lipinski definition) is 3. The van der Waals surface area contributed by atoms with Crippen molar-refractivity contribution >= 4 is 23.8 Å². The predicted molar refractivity (Wildman–Crippen MR) is 163 cm³/mol. The lowest BCUT2D eigenvalue weighted by atomic mass is 9.76. The summed E-state index contributed by atoms with van der Waals surface area (Å²) in [5, 5.41) is 12.3. The Morgan fingerprint density at radius 3 is 1.86 bits per heavy atom. The molecule has 0 radical (unpaired) electrons. The zero-order valence-electron chi connectivity index (χ0n) is 27.5. The van der Waals surface area contributed by atoms with Gasteiger partial charge in [0.15, 0.2) is 0 Å². The molecule has 0 saturated heterocycles. The molecular weight excluding hydrogens is 538 g/mol. The summed E-state index contributed by atoms with van der Waals surface area (Å²) in [7, 11) is 3.02. The van der Waals surface area contributed by atoms with E-state index in [1.807, 2.05) is 48.5 Å². The normalized spacial score (nSPS) is 15.0. The van der Waals surface area contributed by atoms with Crippen LogP contribution in [0, 0.1) is 11.3 Å². The molecule has 0 aromatic heterocycles. The summed E-state index contributed by atoms with van der Waals surface area (Å²) < 4.78 is 5.45. The summed E-state index contributed by atoms with van der Waals surface area (Å²) in [4.78, 5) is 58.4. The zero-order valence-corrected chi connectivity index (χ0v) is 27.5. The van der Waals surface area contributed by atoms with Crippen LogP contribution < -0.4 is 10.8 Å². The molecule has 0 bridgehead atoms. The fraction of sp³-hybridized carbons (Fsp3) is 0.625. The van der Waals surface area contributed by atoms with Crippen LogP contribution in [0.25, 0.3) is 0 Å². The molecule has 1 aromatic carbocycles. The fourth-order valence-corrected chi connectivity index (χ4v) is 4.49. The molecular formula is C32H51N3O7. The number of ether oxygens (including phenoxy) is 1. The maximum atomic E-state index is 13.9. The summed E-state index contributed by atoms with van der Waals surface area (Å²) in [5.41, 5.74) is 1.92. The van der Waals surface area contributed by atoms with Crippen LogP contribution in [-0.2, 0) is 29.4 Å². The van der Waals surface area contributed by atoms with Gasteiger partial charge in [0.1, 0.15) is 17.7 Å². The van der Waals surface area contributed by atoms with Crippen LogP contribution in [0.4, 0.5) is 0 Å². The SMILES string of the molecule is CON[C@H](C(=O)N[C@H](C(=O)N(C)C(/C=C(\C)C(=O)O)C(C)C)C(C)(C)C)C(C)(C)c1ccc(C(=O)OC(C)(C)C)cc1. The van der Waals surface area contributed by atoms with Crippen molar-refractivity contribution < 1.29 is 33.9 Å². The van der Waals surface area contributed by atoms with Gasteiger partial charge in [-0.3, -0.25) is 9.59 Å². The number of nitrogens with zero attached hydrogens (tertiary/aromatic N) is 1. The Labute approximate surface area is 251 Å². The Morgan fingerprint density at radius 1 is 0.929 bits per heavy atom. The summed E-state index contributed by atoms with van der Waals surface area (Å²) in [6.45, 7) is 20.0. The number of hydrogen-bond acceptors (Lipinski definition) is 7. The first-order valence-electron chi connectivity index (χ1n) is 14.2. The molecule has 2 amide bonds. The number of carboxylic acids is 1. The third kappa shape index (κ3) is 9.94. The molecule has 0 aliphatic rings. The van der Waals surface area contributed by atoms with Crippen molar-refractivity contribution in [2.24, 2.45) is 11.3 Å². The third-order valence-electron chi connectivity index (χ3n) is 7.12. The van der Waals surface area contributed by atoms with E-state index in [1.165, 1.54) is 18.9 Å². The van der Waals surface area contributed by atoms with Crippen molar-refractivity contribution in [1.29, 1.82) is 0 Å². The number of esters is 1. The highest BCUT2D eigenvalue weighted by Crippen LogP contribution is 2.30. The first kappa shape index (κ1) is 36.8. The zero-order chi connectivity index (χ0) is 32.8. The monoisotopic (exact) mass is 589 g/mol. The molecule has 0 heterocycles. The van der Waals surface area contributed by atoms with Gasteiger partial charge in [-0.15, -0.1) is 0 Å². The average Bonchev–Trinajstić information content (AvgIpc) is 2.85. The van der Waals surface area contributed by atoms with Crippen LogP contribution in [0.1, 0.15) is 92.1 Å². The van der Waals surface area contributed by atoms with Crippen molar-refractivity contribution in [3.63, 3.8) is 0 Å². The Kier molecular flexibility index (Phi) is 12.5. The molecule has 0 saturated carbocycles. The highest BCUT2D eigenvalue weighted by Gasteiger charge is 2.42. The minimum absolute atomic E-state index is 0.0740. The van der Waals surface area contributed by atoms with Crippen molar-refractivity contribution in [2.45, 2.75) is 105 Å². The number of rotatable bonds is 12. The molecule has 42 heavy (non-hydrogen) atoms. The molecule has 1 aromatic rings. The Morgan fingerprint density at radius 2 is 1.45 bits per heavy atom. The molecule has 0 spiro atoms. The van der Waals surface area contributed by atoms with Crippen LogP contribution >= 0.6 is 0 Å². The number of carbonyl (C=O) groups excluding carboxylic acids is 3. The quantitative estimate of drug-likeness (QED) is 0.185. The van der Waals surface area contributed by atoms with Crippen LogP contribution in [0.15, 0.2) is 35.9 Å². The van der Waals surface area contributed by atoms with E-state index in [4.69, 9.17) is 9.57 Å². The number of carboxylic acid groups (broad SMARTS) is 1. The number of likely N-dealkylation sites (N-methyl/N-ethyl adjacent to an activating group) is 1. The van der Waals surface area contributed by atoms with Crippen molar-refractivity contribution in [3.8, 4) is 0 Å². The maximum absolute atomic E-state index is 13.9. The number of amides is 2. The molecule has 3 N–H and O–H groups in total. The molecule has 0 fully saturated rings. The minimum Gasteiger partial charge on any atom is -0.478 e. The van der Waals surface area contributed by atoms with Gasteiger partial charge in [-0.2, -0.15) is 5.48 Å². The van der Waals surface area contributed by atoms with E-state index in [-0.39, 0.29) is 17.4 Å². The van der Waals surface area contributed by atoms with Crippen LogP contribution in [0.2, 0.25) is 0 Å². The fourth-order valence-electron chi connectivity index (χ4n) is 4.49. The van der Waals surface area contributed by atoms with Crippen LogP contribution in [-0.4, -0.2) is 71.6 Å². The third-order valence-corrected chi connectivity index (χ3v) is 7.12. The lowest BCUT2D eigenvalue weighted by molar-refractivity contribution is -0.142. The number of benzene rings is 1. The summed E-state index contributed by atoms with van der Waals surface area (Å²) in [6.07, 6.45) is 1.56. The number of nitrogens with one attached hydrogen (secondary N) is 2. The van der Waals surface area contributed by atoms with E-state index in [0.717, 1.165) is 5.56 Å². The topological polar surface area (TPSA) is 134 Å². The van der Waals surface area contributed by atoms with E-state index < -0.39 is 52.4 Å². The maximum Gasteiger partial charge on any atom is 0.338 e. The van der Waals surface area contributed by atoms with E-state index in [2.05, 4.69) is 10.8 Å². The second-order valence-corrected chi connectivity index (χ2v) is 13.7. The highest BCUT2D eigenvalue weighted by molar-refractivity contribution is 5.92. The lowest BCUT2D eigenvalue weighted by Crippen LogP contribution is -2.62. The minimum atomic E-state index is -1.06. The second kappa shape index (κ2) is 14.3. The van der Waals surface area contributed by atoms with Gasteiger partial charge in [0, 0.05) is 18.0 Å². The predicted octanol–water partition coefficient (Wildman–Crippen LogP) is 4.48. The van der Waals surface area contributed by atoms with Crippen LogP contribution in [0.5, 0.6) is 0 Å². The van der Waals surface area contributed by atoms with Gasteiger partial charge in [0.2, 0.25) is 11.8 Å². The number of carbonyl (C=O) groups is 4. The number of hydroxylamine groups is 1. The van der Waals surface area contributed by atoms with Gasteiger partial charge in [-0.05, 0) is 56.7 Å². The average molecular weight is 590 g/mol. The largest absolute Gasteiger partial charge is 0.478 e. The molecule has 236 valence electrons. The second-order valence-electron chi connectivity index (χ2n) is 13.7. The molecule has 0 aliphatic carbocycles. The lowest BCUT2D eigenvalue weighted by Gasteiger charge is -2.39. The standard InChI is InChI=1S/C32H51N3O7/c1-19(2)23(18-20(3)28(38)39)35(12)27(37)25(30(4,5)6)33-26(36)24(34-41-13)32(10,11)22-16-14-21(15-17-22)29(40)42-31(7,8)9/h14-19,23-25,34H,1-13H3,(H,33,36)(H,38,39)/b20-18+/t23?,24-,25-/m1/s1. The molecule has 3 atom stereocenters. The smallest absolute Gasteiger partial charge is 0.338 e. The van der Waals surface area contributed by atoms with Gasteiger partial charge in [0.05, 0.1) is 18.7 Å². The van der Waals surface area contributed by atoms with E-state index in [9.17, 15) is 24.3 Å². The van der Waals surface area contributed by atoms with Gasteiger partial charge in [0.25, 0.3) is 0 Å². The van der Waals surface area contributed by atoms with Crippen molar-refractivity contribution in [1.82, 2.24) is 15.7 Å². The van der Waals surface area contributed by atoms with Gasteiger partial charge in [-0.1, -0.05) is 66.7 Å². The van der Waals surface area contributed by atoms with Crippen molar-refractivity contribution in [3.05, 3.63) is 47.0 Å². The van der Waals surface area contributed by atoms with Gasteiger partial charge >= 0.3 is 11.9 Å². The molecule has 10 heteroatoms. The molecule has 10 nitrogen and oxygen atoms in total. The summed E-state index contributed by atoms with van der Waals surface area (Å²) in [5.74, 6) is -2.38. The van der Waals surface area contributed by atoms with E-state index >= 15 is 0 Å². The van der Waals surface area contributed by atoms with Crippen LogP contribution in [0.3, 0.4) is 0 Å². The van der Waals surface area contributed by atoms with Gasteiger partial charge in [-0.25, -0.2) is 9.59 Å². The highest BCUT2D eigenvalue weighted by atomic mass is 16.6. The van der Waals surface area contributed by atoms with E-state index in [0.29, 0.717) is 5.56 Å². The van der Waals surface area contributed by atoms with Gasteiger partial charge < -0.3 is 24.9 Å². The Hall–Kier alpha value is -3.24. The molecule has 1 rings (SSSR count). The Balaban J connectivity index is 3.37. The van der Waals surface area contributed by atoms with Crippen molar-refractivity contribution in [2.75, 3.05) is 14.2 Å². The first-order chi connectivity index (χ1) is 19.0. The summed E-state index contributed by atoms with van der Waals surface area (Å²) in [6, 6.07) is 4.49. The summed E-state index contributed by atoms with van der Waals surface area (Å²) >= 11 is 0. The van der Waals surface area contributed by atoms with E-state index in [1.54, 1.807) is 58.2 Å². The first-order valence-corrected chi connectivity index (χ1v) is 14.2. The molecule has 0 aliphatic heterocycles. The number of aliphatic carboxylic acids is 1. The Bertz CT molecular complexity index is 1140.